The average molecular weight is 400 g/mol. The summed E-state index contributed by atoms with van der Waals surface area (Å²) in [4.78, 5) is 15.8. The highest BCUT2D eigenvalue weighted by atomic mass is 16.1. The van der Waals surface area contributed by atoms with Gasteiger partial charge in [0.1, 0.15) is 5.78 Å². The lowest BCUT2D eigenvalue weighted by atomic mass is 9.94. The third kappa shape index (κ3) is 6.96. The number of carbonyl (C=O) groups is 1. The molecule has 0 heterocycles. The number of benzene rings is 3. The van der Waals surface area contributed by atoms with Crippen LogP contribution >= 0.6 is 0 Å². The van der Waals surface area contributed by atoms with Gasteiger partial charge in [-0.25, -0.2) is 0 Å². The molecule has 0 fully saturated rings. The topological polar surface area (TPSA) is 20.3 Å². The standard InChI is InChI=1S/C28H33NO/c1-23(2)18-19-28(30)27(20-24-12-6-3-7-13-24)29(21-25-14-8-4-9-15-25)22-26-16-10-5-11-17-26/h3-17,23,27H,18-22H2,1-2H3. The first-order valence-electron chi connectivity index (χ1n) is 11.0. The van der Waals surface area contributed by atoms with Gasteiger partial charge in [0, 0.05) is 19.5 Å². The second-order valence-corrected chi connectivity index (χ2v) is 8.48. The lowest BCUT2D eigenvalue weighted by Gasteiger charge is -2.31. The van der Waals surface area contributed by atoms with Crippen molar-refractivity contribution in [1.82, 2.24) is 4.90 Å². The molecule has 0 radical (unpaired) electrons. The molecule has 2 nitrogen and oxygen atoms in total. The van der Waals surface area contributed by atoms with E-state index in [2.05, 4.69) is 91.5 Å². The molecule has 156 valence electrons. The van der Waals surface area contributed by atoms with Gasteiger partial charge in [0.25, 0.3) is 0 Å². The molecule has 2 heteroatoms. The molecule has 3 aromatic carbocycles. The minimum absolute atomic E-state index is 0.133. The second-order valence-electron chi connectivity index (χ2n) is 8.48. The van der Waals surface area contributed by atoms with Crippen LogP contribution in [0.4, 0.5) is 0 Å². The van der Waals surface area contributed by atoms with Crippen molar-refractivity contribution < 1.29 is 4.79 Å². The Kier molecular flexibility index (Phi) is 8.41. The van der Waals surface area contributed by atoms with Crippen molar-refractivity contribution in [3.8, 4) is 0 Å². The van der Waals surface area contributed by atoms with E-state index in [0.717, 1.165) is 25.9 Å². The van der Waals surface area contributed by atoms with Crippen LogP contribution in [0.3, 0.4) is 0 Å². The fraction of sp³-hybridized carbons (Fsp3) is 0.321. The number of hydrogen-bond donors (Lipinski definition) is 0. The predicted octanol–water partition coefficient (Wildman–Crippen LogP) is 6.31. The Morgan fingerprint density at radius 1 is 0.700 bits per heavy atom. The van der Waals surface area contributed by atoms with E-state index in [9.17, 15) is 4.79 Å². The molecule has 0 saturated carbocycles. The third-order valence-electron chi connectivity index (χ3n) is 5.51. The molecule has 3 rings (SSSR count). The van der Waals surface area contributed by atoms with Gasteiger partial charge in [-0.15, -0.1) is 0 Å². The Morgan fingerprint density at radius 2 is 1.13 bits per heavy atom. The lowest BCUT2D eigenvalue weighted by Crippen LogP contribution is -2.42. The quantitative estimate of drug-likeness (QED) is 0.377. The molecule has 0 aliphatic heterocycles. The van der Waals surface area contributed by atoms with Crippen molar-refractivity contribution in [2.45, 2.75) is 52.2 Å². The van der Waals surface area contributed by atoms with Crippen LogP contribution in [0.25, 0.3) is 0 Å². The Labute approximate surface area is 181 Å². The van der Waals surface area contributed by atoms with E-state index in [-0.39, 0.29) is 6.04 Å². The average Bonchev–Trinajstić information content (AvgIpc) is 2.77. The maximum absolute atomic E-state index is 13.4. The molecule has 30 heavy (non-hydrogen) atoms. The molecule has 1 atom stereocenters. The first kappa shape index (κ1) is 22.0. The molecule has 0 aromatic heterocycles. The van der Waals surface area contributed by atoms with E-state index in [1.165, 1.54) is 16.7 Å². The number of carbonyl (C=O) groups excluding carboxylic acids is 1. The van der Waals surface area contributed by atoms with Gasteiger partial charge in [0.05, 0.1) is 6.04 Å². The van der Waals surface area contributed by atoms with Crippen molar-refractivity contribution in [2.24, 2.45) is 5.92 Å². The fourth-order valence-corrected chi connectivity index (χ4v) is 3.79. The number of ketones is 1. The van der Waals surface area contributed by atoms with Crippen molar-refractivity contribution in [3.63, 3.8) is 0 Å². The SMILES string of the molecule is CC(C)CCC(=O)C(Cc1ccccc1)N(Cc1ccccc1)Cc1ccccc1. The molecule has 0 aliphatic carbocycles. The highest BCUT2D eigenvalue weighted by Gasteiger charge is 2.26. The minimum Gasteiger partial charge on any atom is -0.298 e. The normalized spacial score (nSPS) is 12.3. The van der Waals surface area contributed by atoms with Gasteiger partial charge in [-0.05, 0) is 35.4 Å². The van der Waals surface area contributed by atoms with Crippen molar-refractivity contribution in [1.29, 1.82) is 0 Å². The summed E-state index contributed by atoms with van der Waals surface area (Å²) < 4.78 is 0. The first-order chi connectivity index (χ1) is 14.6. The third-order valence-corrected chi connectivity index (χ3v) is 5.51. The van der Waals surface area contributed by atoms with Crippen LogP contribution in [-0.2, 0) is 24.3 Å². The van der Waals surface area contributed by atoms with Crippen molar-refractivity contribution >= 4 is 5.78 Å². The molecule has 0 bridgehead atoms. The summed E-state index contributed by atoms with van der Waals surface area (Å²) in [6.07, 6.45) is 2.32. The maximum atomic E-state index is 13.4. The summed E-state index contributed by atoms with van der Waals surface area (Å²) in [7, 11) is 0. The van der Waals surface area contributed by atoms with E-state index >= 15 is 0 Å². The Hall–Kier alpha value is -2.71. The number of rotatable bonds is 11. The van der Waals surface area contributed by atoms with E-state index < -0.39 is 0 Å². The van der Waals surface area contributed by atoms with Crippen LogP contribution in [0.15, 0.2) is 91.0 Å². The highest BCUT2D eigenvalue weighted by Crippen LogP contribution is 2.20. The molecule has 0 spiro atoms. The van der Waals surface area contributed by atoms with Gasteiger partial charge >= 0.3 is 0 Å². The molecule has 0 N–H and O–H groups in total. The van der Waals surface area contributed by atoms with Gasteiger partial charge < -0.3 is 0 Å². The Bertz CT molecular complexity index is 833. The summed E-state index contributed by atoms with van der Waals surface area (Å²) in [5, 5.41) is 0. The van der Waals surface area contributed by atoms with Gasteiger partial charge in [0.15, 0.2) is 0 Å². The molecule has 0 amide bonds. The van der Waals surface area contributed by atoms with Gasteiger partial charge in [-0.3, -0.25) is 9.69 Å². The lowest BCUT2D eigenvalue weighted by molar-refractivity contribution is -0.125. The molecular formula is C28H33NO. The minimum atomic E-state index is -0.133. The zero-order chi connectivity index (χ0) is 21.2. The van der Waals surface area contributed by atoms with Crippen LogP contribution in [0.2, 0.25) is 0 Å². The van der Waals surface area contributed by atoms with Gasteiger partial charge in [-0.2, -0.15) is 0 Å². The largest absolute Gasteiger partial charge is 0.298 e. The van der Waals surface area contributed by atoms with Crippen LogP contribution in [-0.4, -0.2) is 16.7 Å². The fourth-order valence-electron chi connectivity index (χ4n) is 3.79. The van der Waals surface area contributed by atoms with Crippen molar-refractivity contribution in [3.05, 3.63) is 108 Å². The summed E-state index contributed by atoms with van der Waals surface area (Å²) in [6.45, 7) is 5.90. The number of nitrogens with zero attached hydrogens (tertiary/aromatic N) is 1. The monoisotopic (exact) mass is 399 g/mol. The summed E-state index contributed by atoms with van der Waals surface area (Å²) in [6, 6.07) is 31.2. The summed E-state index contributed by atoms with van der Waals surface area (Å²) >= 11 is 0. The van der Waals surface area contributed by atoms with Gasteiger partial charge in [0.2, 0.25) is 0 Å². The molecule has 3 aromatic rings. The van der Waals surface area contributed by atoms with Crippen LogP contribution in [0, 0.1) is 5.92 Å². The summed E-state index contributed by atoms with van der Waals surface area (Å²) in [5.41, 5.74) is 3.69. The Morgan fingerprint density at radius 3 is 1.57 bits per heavy atom. The maximum Gasteiger partial charge on any atom is 0.150 e. The predicted molar refractivity (Wildman–Crippen MR) is 125 cm³/mol. The molecule has 0 aliphatic rings. The first-order valence-corrected chi connectivity index (χ1v) is 11.0. The van der Waals surface area contributed by atoms with Gasteiger partial charge in [-0.1, -0.05) is 105 Å². The zero-order valence-corrected chi connectivity index (χ0v) is 18.2. The van der Waals surface area contributed by atoms with E-state index in [0.29, 0.717) is 18.1 Å². The molecule has 0 saturated heterocycles. The Balaban J connectivity index is 1.89. The van der Waals surface area contributed by atoms with E-state index in [4.69, 9.17) is 0 Å². The second kappa shape index (κ2) is 11.5. The molecule has 1 unspecified atom stereocenters. The van der Waals surface area contributed by atoms with Crippen LogP contribution in [0.1, 0.15) is 43.4 Å². The number of Topliss-reactive ketones (excluding diaryl/α,β-unsaturated/α-hetero) is 1. The van der Waals surface area contributed by atoms with E-state index in [1.54, 1.807) is 0 Å². The van der Waals surface area contributed by atoms with Crippen molar-refractivity contribution in [2.75, 3.05) is 0 Å². The summed E-state index contributed by atoms with van der Waals surface area (Å²) in [5.74, 6) is 0.877. The molecular weight excluding hydrogens is 366 g/mol. The van der Waals surface area contributed by atoms with Crippen LogP contribution in [0.5, 0.6) is 0 Å². The van der Waals surface area contributed by atoms with E-state index in [1.807, 2.05) is 18.2 Å². The zero-order valence-electron chi connectivity index (χ0n) is 18.2. The highest BCUT2D eigenvalue weighted by molar-refractivity contribution is 5.84. The number of hydrogen-bond acceptors (Lipinski definition) is 2. The van der Waals surface area contributed by atoms with Crippen LogP contribution < -0.4 is 0 Å². The smallest absolute Gasteiger partial charge is 0.150 e.